The summed E-state index contributed by atoms with van der Waals surface area (Å²) in [6.45, 7) is 2.03. The Bertz CT molecular complexity index is 851. The van der Waals surface area contributed by atoms with Gasteiger partial charge in [0.05, 0.1) is 0 Å². The number of thioether (sulfide) groups is 1. The van der Waals surface area contributed by atoms with Crippen LogP contribution in [0.3, 0.4) is 0 Å². The van der Waals surface area contributed by atoms with E-state index in [0.717, 1.165) is 10.1 Å². The molecule has 5 nitrogen and oxygen atoms in total. The van der Waals surface area contributed by atoms with Crippen molar-refractivity contribution in [1.29, 1.82) is 0 Å². The molecule has 8 heteroatoms. The summed E-state index contributed by atoms with van der Waals surface area (Å²) in [4.78, 5) is 12.2. The van der Waals surface area contributed by atoms with Gasteiger partial charge < -0.3 is 4.74 Å². The first-order chi connectivity index (χ1) is 12.1. The molecule has 3 aromatic rings. The lowest BCUT2D eigenvalue weighted by molar-refractivity contribution is 0.102. The van der Waals surface area contributed by atoms with Gasteiger partial charge in [-0.25, -0.2) is 4.39 Å². The zero-order valence-corrected chi connectivity index (χ0v) is 14.9. The molecule has 0 atom stereocenters. The van der Waals surface area contributed by atoms with Crippen molar-refractivity contribution in [2.24, 2.45) is 0 Å². The number of ether oxygens (including phenoxy) is 1. The third kappa shape index (κ3) is 4.77. The summed E-state index contributed by atoms with van der Waals surface area (Å²) >= 11 is 2.92. The van der Waals surface area contributed by atoms with E-state index in [9.17, 15) is 9.18 Å². The first-order valence-corrected chi connectivity index (χ1v) is 9.25. The molecular weight excluding hydrogens is 361 g/mol. The van der Waals surface area contributed by atoms with E-state index in [-0.39, 0.29) is 11.7 Å². The van der Waals surface area contributed by atoms with Gasteiger partial charge in [-0.15, -0.1) is 10.2 Å². The Labute approximate surface area is 152 Å². The van der Waals surface area contributed by atoms with Crippen LogP contribution < -0.4 is 10.1 Å². The minimum absolute atomic E-state index is 0.266. The van der Waals surface area contributed by atoms with Crippen LogP contribution in [0.1, 0.15) is 17.3 Å². The van der Waals surface area contributed by atoms with E-state index in [1.807, 2.05) is 6.92 Å². The van der Waals surface area contributed by atoms with Gasteiger partial charge in [-0.3, -0.25) is 10.1 Å². The van der Waals surface area contributed by atoms with Gasteiger partial charge in [-0.2, -0.15) is 0 Å². The van der Waals surface area contributed by atoms with Crippen molar-refractivity contribution in [1.82, 2.24) is 10.2 Å². The summed E-state index contributed by atoms with van der Waals surface area (Å²) in [6, 6.07) is 12.4. The highest BCUT2D eigenvalue weighted by atomic mass is 32.2. The Kier molecular flexibility index (Phi) is 5.62. The van der Waals surface area contributed by atoms with E-state index >= 15 is 0 Å². The van der Waals surface area contributed by atoms with E-state index < -0.39 is 0 Å². The monoisotopic (exact) mass is 375 g/mol. The third-order valence-corrected chi connectivity index (χ3v) is 4.91. The minimum atomic E-state index is -0.323. The van der Waals surface area contributed by atoms with Crippen LogP contribution in [-0.4, -0.2) is 21.9 Å². The fourth-order valence-electron chi connectivity index (χ4n) is 1.92. The number of anilines is 1. The summed E-state index contributed by atoms with van der Waals surface area (Å²) in [5.41, 5.74) is 0.478. The molecule has 0 radical (unpaired) electrons. The lowest BCUT2D eigenvalue weighted by atomic mass is 10.2. The number of hydrogen-bond acceptors (Lipinski definition) is 6. The third-order valence-electron chi connectivity index (χ3n) is 3.06. The fourth-order valence-corrected chi connectivity index (χ4v) is 3.57. The molecule has 0 aliphatic heterocycles. The average Bonchev–Trinajstić information content (AvgIpc) is 3.05. The van der Waals surface area contributed by atoms with Crippen molar-refractivity contribution < 1.29 is 13.9 Å². The van der Waals surface area contributed by atoms with E-state index in [2.05, 4.69) is 15.5 Å². The summed E-state index contributed by atoms with van der Waals surface area (Å²) in [7, 11) is 0. The molecule has 0 saturated heterocycles. The van der Waals surface area contributed by atoms with Crippen molar-refractivity contribution in [3.8, 4) is 11.5 Å². The van der Waals surface area contributed by atoms with Crippen LogP contribution in [0, 0.1) is 5.82 Å². The van der Waals surface area contributed by atoms with E-state index in [1.165, 1.54) is 35.6 Å². The molecule has 0 aliphatic carbocycles. The Morgan fingerprint density at radius 1 is 1.12 bits per heavy atom. The first kappa shape index (κ1) is 17.4. The smallest absolute Gasteiger partial charge is 0.257 e. The van der Waals surface area contributed by atoms with Crippen LogP contribution in [0.5, 0.6) is 11.5 Å². The SMILES string of the molecule is CCSc1nnc(NC(=O)c2ccc(Oc3ccc(F)cc3)cc2)s1. The largest absolute Gasteiger partial charge is 0.457 e. The predicted molar refractivity (Wildman–Crippen MR) is 97.2 cm³/mol. The van der Waals surface area contributed by atoms with Crippen molar-refractivity contribution in [3.63, 3.8) is 0 Å². The fraction of sp³-hybridized carbons (Fsp3) is 0.118. The zero-order chi connectivity index (χ0) is 17.6. The number of benzene rings is 2. The van der Waals surface area contributed by atoms with E-state index in [4.69, 9.17) is 4.74 Å². The van der Waals surface area contributed by atoms with Crippen molar-refractivity contribution in [2.45, 2.75) is 11.3 Å². The molecule has 0 saturated carbocycles. The highest BCUT2D eigenvalue weighted by Gasteiger charge is 2.10. The molecule has 1 heterocycles. The van der Waals surface area contributed by atoms with Crippen LogP contribution in [-0.2, 0) is 0 Å². The molecule has 0 bridgehead atoms. The lowest BCUT2D eigenvalue weighted by Gasteiger charge is -2.06. The van der Waals surface area contributed by atoms with Gasteiger partial charge in [-0.05, 0) is 54.3 Å². The Hall–Kier alpha value is -2.45. The van der Waals surface area contributed by atoms with Gasteiger partial charge in [0.1, 0.15) is 17.3 Å². The number of aromatic nitrogens is 2. The molecular formula is C17H14FN3O2S2. The van der Waals surface area contributed by atoms with Crippen LogP contribution >= 0.6 is 23.1 Å². The molecule has 1 N–H and O–H groups in total. The van der Waals surface area contributed by atoms with Crippen LogP contribution in [0.25, 0.3) is 0 Å². The molecule has 25 heavy (non-hydrogen) atoms. The molecule has 0 unspecified atom stereocenters. The van der Waals surface area contributed by atoms with Gasteiger partial charge >= 0.3 is 0 Å². The molecule has 3 rings (SSSR count). The number of rotatable bonds is 6. The van der Waals surface area contributed by atoms with Gasteiger partial charge in [0.25, 0.3) is 5.91 Å². The van der Waals surface area contributed by atoms with Crippen LogP contribution in [0.4, 0.5) is 9.52 Å². The van der Waals surface area contributed by atoms with Crippen molar-refractivity contribution >= 4 is 34.1 Å². The number of nitrogens with one attached hydrogen (secondary N) is 1. The van der Waals surface area contributed by atoms with E-state index in [0.29, 0.717) is 22.2 Å². The highest BCUT2D eigenvalue weighted by molar-refractivity contribution is 8.01. The van der Waals surface area contributed by atoms with Crippen molar-refractivity contribution in [2.75, 3.05) is 11.1 Å². The summed E-state index contributed by atoms with van der Waals surface area (Å²) < 4.78 is 19.3. The second kappa shape index (κ2) is 8.09. The highest BCUT2D eigenvalue weighted by Crippen LogP contribution is 2.26. The average molecular weight is 375 g/mol. The Morgan fingerprint density at radius 3 is 2.40 bits per heavy atom. The second-order valence-electron chi connectivity index (χ2n) is 4.84. The molecule has 0 spiro atoms. The zero-order valence-electron chi connectivity index (χ0n) is 13.2. The maximum absolute atomic E-state index is 12.9. The molecule has 0 fully saturated rings. The number of amides is 1. The number of carbonyl (C=O) groups excluding carboxylic acids is 1. The Balaban J connectivity index is 1.62. The maximum Gasteiger partial charge on any atom is 0.257 e. The van der Waals surface area contributed by atoms with Crippen molar-refractivity contribution in [3.05, 3.63) is 59.9 Å². The quantitative estimate of drug-likeness (QED) is 0.494. The molecule has 0 aliphatic rings. The van der Waals surface area contributed by atoms with Gasteiger partial charge in [0.15, 0.2) is 4.34 Å². The lowest BCUT2D eigenvalue weighted by Crippen LogP contribution is -2.11. The number of nitrogens with zero attached hydrogens (tertiary/aromatic N) is 2. The first-order valence-electron chi connectivity index (χ1n) is 7.45. The summed E-state index contributed by atoms with van der Waals surface area (Å²) in [5, 5.41) is 11.1. The molecule has 1 aromatic heterocycles. The van der Waals surface area contributed by atoms with Gasteiger partial charge in [-0.1, -0.05) is 30.0 Å². The topological polar surface area (TPSA) is 64.1 Å². The van der Waals surface area contributed by atoms with Gasteiger partial charge in [0, 0.05) is 5.56 Å². The van der Waals surface area contributed by atoms with Crippen LogP contribution in [0.2, 0.25) is 0 Å². The Morgan fingerprint density at radius 2 is 1.76 bits per heavy atom. The predicted octanol–water partition coefficient (Wildman–Crippen LogP) is 4.83. The standard InChI is InChI=1S/C17H14FN3O2S2/c1-2-24-17-21-20-16(25-17)19-15(22)11-3-7-13(8-4-11)23-14-9-5-12(18)6-10-14/h3-10H,2H2,1H3,(H,19,20,22). The second-order valence-corrected chi connectivity index (χ2v) is 7.33. The van der Waals surface area contributed by atoms with Crippen LogP contribution in [0.15, 0.2) is 52.9 Å². The normalized spacial score (nSPS) is 10.5. The molecule has 2 aromatic carbocycles. The number of hydrogen-bond donors (Lipinski definition) is 1. The molecule has 128 valence electrons. The van der Waals surface area contributed by atoms with E-state index in [1.54, 1.807) is 36.0 Å². The number of halogens is 1. The number of carbonyl (C=O) groups is 1. The molecule has 1 amide bonds. The minimum Gasteiger partial charge on any atom is -0.457 e. The summed E-state index contributed by atoms with van der Waals surface area (Å²) in [6.07, 6.45) is 0. The summed E-state index contributed by atoms with van der Waals surface area (Å²) in [5.74, 6) is 1.39. The van der Waals surface area contributed by atoms with Gasteiger partial charge in [0.2, 0.25) is 5.13 Å². The maximum atomic E-state index is 12.9.